The maximum atomic E-state index is 10.8. The van der Waals surface area contributed by atoms with Gasteiger partial charge in [-0.2, -0.15) is 0 Å². The van der Waals surface area contributed by atoms with Crippen LogP contribution < -0.4 is 0 Å². The molecule has 0 aromatic carbocycles. The number of fused-ring (bicyclic) bond motifs is 1. The number of aliphatic hydroxyl groups is 1. The summed E-state index contributed by atoms with van der Waals surface area (Å²) in [6.07, 6.45) is 8.44. The van der Waals surface area contributed by atoms with Crippen molar-refractivity contribution in [3.63, 3.8) is 0 Å². The smallest absolute Gasteiger partial charge is 0.149 e. The van der Waals surface area contributed by atoms with Gasteiger partial charge in [0, 0.05) is 48.9 Å². The maximum Gasteiger partial charge on any atom is 0.149 e. The van der Waals surface area contributed by atoms with E-state index in [-0.39, 0.29) is 64.5 Å². The quantitative estimate of drug-likeness (QED) is 0.562. The molecule has 1 saturated heterocycles. The Morgan fingerprint density at radius 1 is 1.16 bits per heavy atom. The summed E-state index contributed by atoms with van der Waals surface area (Å²) in [5.74, 6) is 0. The second-order valence-electron chi connectivity index (χ2n) is 6.89. The van der Waals surface area contributed by atoms with Crippen molar-refractivity contribution in [3.8, 4) is 0 Å². The molecule has 2 atom stereocenters. The molecule has 1 aliphatic carbocycles. The van der Waals surface area contributed by atoms with Crippen molar-refractivity contribution in [2.45, 2.75) is 64.1 Å². The van der Waals surface area contributed by atoms with Gasteiger partial charge in [-0.15, -0.1) is 11.8 Å². The Morgan fingerprint density at radius 3 is 2.21 bits per heavy atom. The van der Waals surface area contributed by atoms with Crippen LogP contribution in [0.2, 0.25) is 0 Å². The van der Waals surface area contributed by atoms with Crippen molar-refractivity contribution >= 4 is 60.6 Å². The first-order valence-corrected chi connectivity index (χ1v) is 7.81. The predicted octanol–water partition coefficient (Wildman–Crippen LogP) is 4.15. The van der Waals surface area contributed by atoms with Crippen LogP contribution in [0.5, 0.6) is 0 Å². The molecule has 0 aromatic heterocycles. The summed E-state index contributed by atoms with van der Waals surface area (Å²) in [6.45, 7) is 13.6. The maximum absolute atomic E-state index is 10.8. The first kappa shape index (κ1) is 18.4. The van der Waals surface area contributed by atoms with Crippen molar-refractivity contribution < 1.29 is 5.11 Å². The molecule has 0 aromatic rings. The Labute approximate surface area is 162 Å². The van der Waals surface area contributed by atoms with Gasteiger partial charge in [0.25, 0.3) is 0 Å². The third-order valence-electron chi connectivity index (χ3n) is 5.19. The average Bonchev–Trinajstić information content (AvgIpc) is 2.96. The predicted molar refractivity (Wildman–Crippen MR) is 86.4 cm³/mol. The van der Waals surface area contributed by atoms with E-state index in [1.807, 2.05) is 12.2 Å². The fourth-order valence-corrected chi connectivity index (χ4v) is 5.02. The molecular weight excluding hydrogens is 378 g/mol. The minimum atomic E-state index is -0.678. The Kier molecular flexibility index (Phi) is 5.36. The molecule has 3 heteroatoms. The summed E-state index contributed by atoms with van der Waals surface area (Å²) >= 11 is 1.73. The van der Waals surface area contributed by atoms with E-state index >= 15 is 0 Å². The van der Waals surface area contributed by atoms with Crippen molar-refractivity contribution in [1.29, 1.82) is 0 Å². The van der Waals surface area contributed by atoms with Crippen LogP contribution in [0.25, 0.3) is 0 Å². The molecule has 1 heterocycles. The number of thioether (sulfide) groups is 1. The second-order valence-corrected chi connectivity index (χ2v) is 8.33. The van der Waals surface area contributed by atoms with Crippen molar-refractivity contribution in [2.24, 2.45) is 10.8 Å². The minimum absolute atomic E-state index is 0. The SMILES string of the molecule is CCC(C)(C)C1=CC=CC2(O)SC12C(C)(C)CC.[Ba]. The van der Waals surface area contributed by atoms with E-state index in [1.54, 1.807) is 11.8 Å². The second kappa shape index (κ2) is 5.53. The molecule has 0 saturated carbocycles. The number of hydrogen-bond donors (Lipinski definition) is 1. The van der Waals surface area contributed by atoms with Crippen molar-refractivity contribution in [3.05, 3.63) is 23.8 Å². The topological polar surface area (TPSA) is 20.2 Å². The molecule has 2 rings (SSSR count). The molecular formula is C16H26BaOS. The summed E-state index contributed by atoms with van der Waals surface area (Å²) in [5.41, 5.74) is 1.67. The molecule has 2 unspecified atom stereocenters. The summed E-state index contributed by atoms with van der Waals surface area (Å²) in [7, 11) is 0. The van der Waals surface area contributed by atoms with Gasteiger partial charge in [0.1, 0.15) is 4.93 Å². The van der Waals surface area contributed by atoms with Gasteiger partial charge < -0.3 is 5.11 Å². The van der Waals surface area contributed by atoms with Crippen LogP contribution in [0.3, 0.4) is 0 Å². The van der Waals surface area contributed by atoms with E-state index < -0.39 is 4.93 Å². The molecule has 0 amide bonds. The minimum Gasteiger partial charge on any atom is -0.374 e. The van der Waals surface area contributed by atoms with Crippen LogP contribution in [0.15, 0.2) is 23.8 Å². The van der Waals surface area contributed by atoms with Gasteiger partial charge in [-0.05, 0) is 35.3 Å². The number of rotatable bonds is 4. The molecule has 104 valence electrons. The van der Waals surface area contributed by atoms with E-state index in [4.69, 9.17) is 0 Å². The third kappa shape index (κ3) is 2.50. The van der Waals surface area contributed by atoms with E-state index in [0.717, 1.165) is 12.8 Å². The molecule has 2 radical (unpaired) electrons. The van der Waals surface area contributed by atoms with Crippen LogP contribution in [0.1, 0.15) is 54.4 Å². The van der Waals surface area contributed by atoms with Gasteiger partial charge in [-0.1, -0.05) is 53.7 Å². The van der Waals surface area contributed by atoms with Gasteiger partial charge in [-0.3, -0.25) is 0 Å². The van der Waals surface area contributed by atoms with Crippen LogP contribution in [0.4, 0.5) is 0 Å². The van der Waals surface area contributed by atoms with Crippen LogP contribution in [-0.4, -0.2) is 63.7 Å². The number of allylic oxidation sites excluding steroid dienone is 2. The molecule has 2 aliphatic rings. The first-order chi connectivity index (χ1) is 8.17. The Morgan fingerprint density at radius 2 is 1.74 bits per heavy atom. The molecule has 1 fully saturated rings. The Hall–Kier alpha value is 1.36. The van der Waals surface area contributed by atoms with E-state index in [0.29, 0.717) is 0 Å². The molecule has 1 aliphatic heterocycles. The van der Waals surface area contributed by atoms with E-state index in [1.165, 1.54) is 5.57 Å². The van der Waals surface area contributed by atoms with E-state index in [9.17, 15) is 5.11 Å². The summed E-state index contributed by atoms with van der Waals surface area (Å²) in [6, 6.07) is 0. The Balaban J connectivity index is 0.00000180. The molecule has 0 bridgehead atoms. The van der Waals surface area contributed by atoms with Crippen molar-refractivity contribution in [2.75, 3.05) is 0 Å². The first-order valence-electron chi connectivity index (χ1n) is 7.00. The monoisotopic (exact) mass is 404 g/mol. The van der Waals surface area contributed by atoms with Gasteiger partial charge in [-0.25, -0.2) is 0 Å². The summed E-state index contributed by atoms with van der Waals surface area (Å²) < 4.78 is -0.122. The Bertz CT molecular complexity index is 424. The summed E-state index contributed by atoms with van der Waals surface area (Å²) in [5, 5.41) is 10.8. The largest absolute Gasteiger partial charge is 0.374 e. The van der Waals surface area contributed by atoms with Gasteiger partial charge in [0.2, 0.25) is 0 Å². The fraction of sp³-hybridized carbons (Fsp3) is 0.750. The normalized spacial score (nSPS) is 33.3. The third-order valence-corrected chi connectivity index (χ3v) is 7.12. The fourth-order valence-electron chi connectivity index (χ4n) is 3.13. The average molecular weight is 404 g/mol. The summed E-state index contributed by atoms with van der Waals surface area (Å²) in [4.78, 5) is -0.678. The van der Waals surface area contributed by atoms with Crippen LogP contribution in [0, 0.1) is 10.8 Å². The van der Waals surface area contributed by atoms with Crippen molar-refractivity contribution in [1.82, 2.24) is 0 Å². The van der Waals surface area contributed by atoms with Gasteiger partial charge >= 0.3 is 0 Å². The van der Waals surface area contributed by atoms with E-state index in [2.05, 4.69) is 47.6 Å². The zero-order valence-corrected chi connectivity index (χ0v) is 18.5. The van der Waals surface area contributed by atoms with Crippen LogP contribution in [-0.2, 0) is 0 Å². The standard InChI is InChI=1S/C16H26OS.Ba/c1-7-13(3,4)12-10-9-11-15(17)16(12,18-15)14(5,6)8-2;/h9-11,17H,7-8H2,1-6H3;. The molecule has 1 N–H and O–H groups in total. The van der Waals surface area contributed by atoms with Crippen LogP contribution >= 0.6 is 11.8 Å². The molecule has 0 spiro atoms. The van der Waals surface area contributed by atoms with Gasteiger partial charge in [0.05, 0.1) is 4.75 Å². The molecule has 19 heavy (non-hydrogen) atoms. The zero-order chi connectivity index (χ0) is 13.8. The zero-order valence-electron chi connectivity index (χ0n) is 13.2. The molecule has 1 nitrogen and oxygen atoms in total. The van der Waals surface area contributed by atoms with Gasteiger partial charge in [0.15, 0.2) is 0 Å². The number of hydrogen-bond acceptors (Lipinski definition) is 2.